The van der Waals surface area contributed by atoms with Crippen LogP contribution in [0.25, 0.3) is 0 Å². The Balaban J connectivity index is 0.000000735. The number of carboxylic acids is 1. The van der Waals surface area contributed by atoms with Crippen LogP contribution in [0.4, 0.5) is 0 Å². The Morgan fingerprint density at radius 2 is 1.23 bits per heavy atom. The first-order chi connectivity index (χ1) is 14.6. The fourth-order valence-electron chi connectivity index (χ4n) is 2.91. The van der Waals surface area contributed by atoms with Crippen LogP contribution in [-0.4, -0.2) is 12.6 Å². The molecular weight excluding hydrogens is 392 g/mol. The van der Waals surface area contributed by atoms with Crippen LogP contribution in [0, 0.1) is 0 Å². The van der Waals surface area contributed by atoms with Crippen molar-refractivity contribution < 1.29 is 14.6 Å². The minimum Gasteiger partial charge on any atom is -0.550 e. The van der Waals surface area contributed by atoms with Gasteiger partial charge in [-0.05, 0) is 61.9 Å². The first-order valence-electron chi connectivity index (χ1n) is 10.4. The zero-order chi connectivity index (χ0) is 21.6. The monoisotopic (exact) mass is 422 g/mol. The molecule has 3 rings (SSSR count). The van der Waals surface area contributed by atoms with Gasteiger partial charge in [0.05, 0.1) is 17.5 Å². The quantitative estimate of drug-likeness (QED) is 0.338. The summed E-state index contributed by atoms with van der Waals surface area (Å²) in [5.41, 5.74) is 0. The van der Waals surface area contributed by atoms with Crippen LogP contribution in [-0.2, 0) is 15.7 Å². The lowest BCUT2D eigenvalue weighted by molar-refractivity contribution is -0.302. The van der Waals surface area contributed by atoms with E-state index in [1.807, 2.05) is 0 Å². The predicted octanol–water partition coefficient (Wildman–Crippen LogP) is 5.50. The van der Waals surface area contributed by atoms with Gasteiger partial charge in [-0.25, -0.2) is 0 Å². The molecule has 30 heavy (non-hydrogen) atoms. The van der Waals surface area contributed by atoms with Gasteiger partial charge in [-0.15, -0.1) is 0 Å². The molecule has 0 spiro atoms. The van der Waals surface area contributed by atoms with Crippen molar-refractivity contribution in [2.45, 2.75) is 54.2 Å². The molecule has 4 heteroatoms. The highest BCUT2D eigenvalue weighted by atomic mass is 32.2. The second kappa shape index (κ2) is 13.5. The molecule has 3 aromatic rings. The molecule has 0 N–H and O–H groups in total. The lowest BCUT2D eigenvalue weighted by atomic mass is 10.2. The summed E-state index contributed by atoms with van der Waals surface area (Å²) in [6, 6.07) is 30.1. The van der Waals surface area contributed by atoms with E-state index in [4.69, 9.17) is 14.6 Å². The van der Waals surface area contributed by atoms with Gasteiger partial charge in [-0.1, -0.05) is 62.6 Å². The van der Waals surface area contributed by atoms with Gasteiger partial charge in [0, 0.05) is 5.97 Å². The zero-order valence-corrected chi connectivity index (χ0v) is 18.6. The summed E-state index contributed by atoms with van der Waals surface area (Å²) in [4.78, 5) is 12.9. The molecular formula is C26H30O3S. The minimum atomic E-state index is -1.08. The standard InChI is InChI=1S/C24H27OS.C2H4O2/c1-2-3-4-11-20-25-21-16-18-24(19-17-21)26(22-12-7-5-8-13-22)23-14-9-6-10-15-23;1-2(3)4/h5-10,12-19H,2-4,11,20H2,1H3;1H3,(H,3,4)/q+1;/p-1. The van der Waals surface area contributed by atoms with Crippen LogP contribution in [0.15, 0.2) is 99.6 Å². The summed E-state index contributed by atoms with van der Waals surface area (Å²) < 4.78 is 5.90. The normalized spacial score (nSPS) is 10.2. The van der Waals surface area contributed by atoms with E-state index in [0.717, 1.165) is 25.7 Å². The number of hydrogen-bond acceptors (Lipinski definition) is 3. The highest BCUT2D eigenvalue weighted by molar-refractivity contribution is 7.97. The Bertz CT molecular complexity index is 805. The molecule has 0 saturated carbocycles. The Morgan fingerprint density at radius 1 is 0.767 bits per heavy atom. The van der Waals surface area contributed by atoms with Crippen LogP contribution in [0.3, 0.4) is 0 Å². The van der Waals surface area contributed by atoms with E-state index in [1.54, 1.807) is 0 Å². The average Bonchev–Trinajstić information content (AvgIpc) is 2.76. The van der Waals surface area contributed by atoms with E-state index in [2.05, 4.69) is 91.9 Å². The summed E-state index contributed by atoms with van der Waals surface area (Å²) >= 11 is 0. The number of carbonyl (C=O) groups excluding carboxylic acids is 1. The van der Waals surface area contributed by atoms with Crippen molar-refractivity contribution in [1.82, 2.24) is 0 Å². The first kappa shape index (κ1) is 23.6. The average molecular weight is 423 g/mol. The Morgan fingerprint density at radius 3 is 1.70 bits per heavy atom. The van der Waals surface area contributed by atoms with Crippen LogP contribution >= 0.6 is 0 Å². The van der Waals surface area contributed by atoms with E-state index in [9.17, 15) is 0 Å². The highest BCUT2D eigenvalue weighted by Gasteiger charge is 2.28. The van der Waals surface area contributed by atoms with Crippen molar-refractivity contribution >= 4 is 16.9 Å². The minimum absolute atomic E-state index is 0.0885. The number of ether oxygens (including phenoxy) is 1. The second-order valence-electron chi connectivity index (χ2n) is 6.80. The van der Waals surface area contributed by atoms with Crippen LogP contribution in [0.2, 0.25) is 0 Å². The molecule has 0 fully saturated rings. The molecule has 158 valence electrons. The van der Waals surface area contributed by atoms with Gasteiger partial charge in [0.1, 0.15) is 5.75 Å². The van der Waals surface area contributed by atoms with E-state index < -0.39 is 5.97 Å². The summed E-state index contributed by atoms with van der Waals surface area (Å²) in [6.07, 6.45) is 4.93. The number of rotatable bonds is 9. The molecule has 0 amide bonds. The largest absolute Gasteiger partial charge is 0.550 e. The smallest absolute Gasteiger partial charge is 0.166 e. The van der Waals surface area contributed by atoms with Crippen molar-refractivity contribution in [3.63, 3.8) is 0 Å². The SMILES string of the molecule is CC(=O)[O-].CCCCCCOc1ccc([S+](c2ccccc2)c2ccccc2)cc1. The van der Waals surface area contributed by atoms with Gasteiger partial charge in [0.15, 0.2) is 14.7 Å². The van der Waals surface area contributed by atoms with Crippen molar-refractivity contribution in [2.24, 2.45) is 0 Å². The van der Waals surface area contributed by atoms with Gasteiger partial charge in [-0.2, -0.15) is 0 Å². The molecule has 0 heterocycles. The Labute approximate surface area is 183 Å². The van der Waals surface area contributed by atoms with Gasteiger partial charge < -0.3 is 14.6 Å². The molecule has 0 aromatic heterocycles. The maximum atomic E-state index is 8.89. The molecule has 3 nitrogen and oxygen atoms in total. The lowest BCUT2D eigenvalue weighted by Crippen LogP contribution is -2.16. The van der Waals surface area contributed by atoms with E-state index in [-0.39, 0.29) is 10.9 Å². The number of hydrogen-bond donors (Lipinski definition) is 0. The third-order valence-corrected chi connectivity index (χ3v) is 6.51. The lowest BCUT2D eigenvalue weighted by Gasteiger charge is -2.09. The third-order valence-electron chi connectivity index (χ3n) is 4.28. The number of carbonyl (C=O) groups is 1. The van der Waals surface area contributed by atoms with Crippen LogP contribution < -0.4 is 9.84 Å². The molecule has 0 saturated heterocycles. The van der Waals surface area contributed by atoms with E-state index in [0.29, 0.717) is 0 Å². The Kier molecular flexibility index (Phi) is 10.6. The fourth-order valence-corrected chi connectivity index (χ4v) is 5.00. The van der Waals surface area contributed by atoms with Gasteiger partial charge >= 0.3 is 0 Å². The van der Waals surface area contributed by atoms with Crippen molar-refractivity contribution in [1.29, 1.82) is 0 Å². The maximum absolute atomic E-state index is 8.89. The fraction of sp³-hybridized carbons (Fsp3) is 0.269. The maximum Gasteiger partial charge on any atom is 0.166 e. The summed E-state index contributed by atoms with van der Waals surface area (Å²) in [5.74, 6) is -0.116. The molecule has 0 aliphatic heterocycles. The van der Waals surface area contributed by atoms with Crippen molar-refractivity contribution in [3.8, 4) is 5.75 Å². The Hall–Kier alpha value is -2.72. The molecule has 0 radical (unpaired) electrons. The summed E-state index contributed by atoms with van der Waals surface area (Å²) in [6.45, 7) is 4.01. The number of unbranched alkanes of at least 4 members (excludes halogenated alkanes) is 3. The van der Waals surface area contributed by atoms with Gasteiger partial charge in [-0.3, -0.25) is 0 Å². The molecule has 3 aromatic carbocycles. The van der Waals surface area contributed by atoms with Crippen LogP contribution in [0.1, 0.15) is 39.5 Å². The molecule has 0 aliphatic rings. The third kappa shape index (κ3) is 8.34. The topological polar surface area (TPSA) is 49.4 Å². The van der Waals surface area contributed by atoms with E-state index >= 15 is 0 Å². The number of carboxylic acid groups (broad SMARTS) is 1. The molecule has 0 bridgehead atoms. The molecule has 0 atom stereocenters. The van der Waals surface area contributed by atoms with Gasteiger partial charge in [0.2, 0.25) is 0 Å². The number of aliphatic carboxylic acids is 1. The van der Waals surface area contributed by atoms with Crippen LogP contribution in [0.5, 0.6) is 5.75 Å². The predicted molar refractivity (Wildman–Crippen MR) is 122 cm³/mol. The molecule has 0 unspecified atom stereocenters. The first-order valence-corrected chi connectivity index (χ1v) is 11.6. The van der Waals surface area contributed by atoms with E-state index in [1.165, 1.54) is 33.9 Å². The number of benzene rings is 3. The highest BCUT2D eigenvalue weighted by Crippen LogP contribution is 2.31. The molecule has 0 aliphatic carbocycles. The van der Waals surface area contributed by atoms with Crippen molar-refractivity contribution in [2.75, 3.05) is 6.61 Å². The second-order valence-corrected chi connectivity index (χ2v) is 8.83. The summed E-state index contributed by atoms with van der Waals surface area (Å²) in [7, 11) is -0.0885. The zero-order valence-electron chi connectivity index (χ0n) is 17.8. The summed E-state index contributed by atoms with van der Waals surface area (Å²) in [5, 5.41) is 8.89. The van der Waals surface area contributed by atoms with Crippen molar-refractivity contribution in [3.05, 3.63) is 84.9 Å². The van der Waals surface area contributed by atoms with Gasteiger partial charge in [0.25, 0.3) is 0 Å².